The van der Waals surface area contributed by atoms with Crippen LogP contribution in [0.25, 0.3) is 22.1 Å². The van der Waals surface area contributed by atoms with Gasteiger partial charge in [-0.3, -0.25) is 24.4 Å². The fraction of sp³-hybridized carbons (Fsp3) is 0.377. The van der Waals surface area contributed by atoms with Gasteiger partial charge in [0, 0.05) is 35.9 Å². The quantitative estimate of drug-likeness (QED) is 0.0612. The van der Waals surface area contributed by atoms with Crippen molar-refractivity contribution in [2.45, 2.75) is 92.2 Å². The van der Waals surface area contributed by atoms with E-state index in [0.717, 1.165) is 83.1 Å². The SMILES string of the molecule is CC(C)(C)C1CCc2nc3cc(C(=O)N[C@H](CN)c4cccc(N)c4)[nH]c3cc2C1.CC(C)(C)C1CCc2nc3cc(C(=O)N[C@H](CN)c4cccc(NC(=O)c5ccco5)c4)[nH]c3cc2C1. The molecule has 67 heavy (non-hydrogen) atoms. The highest BCUT2D eigenvalue weighted by Gasteiger charge is 2.31. The minimum Gasteiger partial charge on any atom is -0.459 e. The Morgan fingerprint density at radius 1 is 0.672 bits per heavy atom. The van der Waals surface area contributed by atoms with E-state index >= 15 is 0 Å². The maximum absolute atomic E-state index is 13.2. The number of rotatable bonds is 10. The van der Waals surface area contributed by atoms with Gasteiger partial charge < -0.3 is 47.5 Å². The van der Waals surface area contributed by atoms with Gasteiger partial charge in [-0.05, 0) is 144 Å². The van der Waals surface area contributed by atoms with E-state index < -0.39 is 6.04 Å². The van der Waals surface area contributed by atoms with E-state index in [4.69, 9.17) is 31.6 Å². The van der Waals surface area contributed by atoms with Crippen LogP contribution in [0, 0.1) is 22.7 Å². The molecule has 2 aliphatic rings. The van der Waals surface area contributed by atoms with Crippen molar-refractivity contribution in [1.82, 2.24) is 30.6 Å². The highest BCUT2D eigenvalue weighted by atomic mass is 16.3. The molecule has 3 amide bonds. The Kier molecular flexibility index (Phi) is 13.4. The summed E-state index contributed by atoms with van der Waals surface area (Å²) in [7, 11) is 0. The number of amides is 3. The molecule has 9 rings (SSSR count). The van der Waals surface area contributed by atoms with Crippen molar-refractivity contribution in [2.75, 3.05) is 24.1 Å². The molecular weight excluding hydrogens is 841 g/mol. The minimum atomic E-state index is -0.437. The van der Waals surface area contributed by atoms with Gasteiger partial charge in [0.2, 0.25) is 0 Å². The van der Waals surface area contributed by atoms with Gasteiger partial charge in [0.1, 0.15) is 11.4 Å². The Morgan fingerprint density at radius 2 is 1.18 bits per heavy atom. The molecule has 0 bridgehead atoms. The molecule has 350 valence electrons. The number of pyridine rings is 2. The number of aromatic amines is 2. The van der Waals surface area contributed by atoms with E-state index in [1.165, 1.54) is 17.4 Å². The average Bonchev–Trinajstić information content (AvgIpc) is 4.08. The number of nitrogens with zero attached hydrogens (tertiary/aromatic N) is 2. The first-order chi connectivity index (χ1) is 31.9. The summed E-state index contributed by atoms with van der Waals surface area (Å²) in [5.74, 6) is 0.669. The van der Waals surface area contributed by atoms with Gasteiger partial charge >= 0.3 is 0 Å². The van der Waals surface area contributed by atoms with E-state index in [1.807, 2.05) is 42.5 Å². The van der Waals surface area contributed by atoms with E-state index in [1.54, 1.807) is 30.3 Å². The standard InChI is InChI=1S/C29H33N5O3.C24H31N5O/c1-29(2,3)19-9-10-21-18(12-19)14-22-23(32-21)15-24(33-22)27(35)34-25(16-30)17-6-4-7-20(13-17)31-28(36)26-8-5-11-37-26;1-24(2,3)16-7-8-18-15(9-16)11-19-20(27-18)12-21(28-19)23(30)29-22(13-25)14-5-4-6-17(26)10-14/h4-8,11,13-15,19,25,33H,9-10,12,16,30H2,1-3H3,(H,31,36)(H,34,35);4-6,10-12,16,22,28H,7-9,13,25-26H2,1-3H3,(H,29,30)/t19?,25-;16?,22-/m11/s1. The third-order valence-corrected chi connectivity index (χ3v) is 13.6. The Hall–Kier alpha value is -6.77. The zero-order valence-corrected chi connectivity index (χ0v) is 39.4. The zero-order chi connectivity index (χ0) is 47.6. The maximum Gasteiger partial charge on any atom is 0.291 e. The molecule has 14 heteroatoms. The fourth-order valence-electron chi connectivity index (χ4n) is 9.38. The predicted octanol–water partition coefficient (Wildman–Crippen LogP) is 8.71. The van der Waals surface area contributed by atoms with Gasteiger partial charge in [0.25, 0.3) is 17.7 Å². The molecule has 11 N–H and O–H groups in total. The Bertz CT molecular complexity index is 2900. The number of benzene rings is 2. The number of hydrogen-bond donors (Lipinski definition) is 8. The van der Waals surface area contributed by atoms with E-state index in [0.29, 0.717) is 34.6 Å². The number of nitrogen functional groups attached to an aromatic ring is 1. The molecule has 0 saturated carbocycles. The smallest absolute Gasteiger partial charge is 0.291 e. The molecule has 0 spiro atoms. The molecule has 0 radical (unpaired) electrons. The summed E-state index contributed by atoms with van der Waals surface area (Å²) in [6, 6.07) is 25.1. The van der Waals surface area contributed by atoms with Crippen molar-refractivity contribution in [3.63, 3.8) is 0 Å². The second kappa shape index (κ2) is 19.2. The van der Waals surface area contributed by atoms with Gasteiger partial charge in [0.15, 0.2) is 5.76 Å². The molecule has 0 saturated heterocycles. The number of aromatic nitrogens is 4. The second-order valence-corrected chi connectivity index (χ2v) is 20.3. The lowest BCUT2D eigenvalue weighted by Crippen LogP contribution is -2.33. The molecular formula is C53H64N10O4. The van der Waals surface area contributed by atoms with Gasteiger partial charge in [-0.1, -0.05) is 65.8 Å². The van der Waals surface area contributed by atoms with Crippen molar-refractivity contribution < 1.29 is 18.8 Å². The zero-order valence-electron chi connectivity index (χ0n) is 39.4. The number of hydrogen-bond acceptors (Lipinski definition) is 9. The fourth-order valence-corrected chi connectivity index (χ4v) is 9.38. The molecule has 7 aromatic rings. The number of furan rings is 1. The Balaban J connectivity index is 0.000000186. The molecule has 5 heterocycles. The van der Waals surface area contributed by atoms with Crippen LogP contribution in [0.5, 0.6) is 0 Å². The summed E-state index contributed by atoms with van der Waals surface area (Å²) < 4.78 is 5.15. The van der Waals surface area contributed by atoms with Gasteiger partial charge in [0.05, 0.1) is 40.4 Å². The Morgan fingerprint density at radius 3 is 1.64 bits per heavy atom. The van der Waals surface area contributed by atoms with Gasteiger partial charge in [-0.2, -0.15) is 0 Å². The van der Waals surface area contributed by atoms with Crippen molar-refractivity contribution >= 4 is 51.2 Å². The maximum atomic E-state index is 13.2. The summed E-state index contributed by atoms with van der Waals surface area (Å²) in [6.45, 7) is 14.3. The number of carbonyl (C=O) groups is 3. The summed E-state index contributed by atoms with van der Waals surface area (Å²) in [4.78, 5) is 54.6. The largest absolute Gasteiger partial charge is 0.459 e. The number of fused-ring (bicyclic) bond motifs is 4. The molecule has 2 aliphatic carbocycles. The lowest BCUT2D eigenvalue weighted by molar-refractivity contribution is 0.0925. The third-order valence-electron chi connectivity index (χ3n) is 13.6. The molecule has 2 unspecified atom stereocenters. The first-order valence-corrected chi connectivity index (χ1v) is 23.3. The predicted molar refractivity (Wildman–Crippen MR) is 265 cm³/mol. The molecule has 0 fully saturated rings. The lowest BCUT2D eigenvalue weighted by atomic mass is 9.71. The summed E-state index contributed by atoms with van der Waals surface area (Å²) >= 11 is 0. The Labute approximate surface area is 391 Å². The minimum absolute atomic E-state index is 0.197. The number of nitrogens with two attached hydrogens (primary N) is 3. The first-order valence-electron chi connectivity index (χ1n) is 23.3. The highest BCUT2D eigenvalue weighted by molar-refractivity contribution is 6.02. The summed E-state index contributed by atoms with van der Waals surface area (Å²) in [5, 5.41) is 8.82. The van der Waals surface area contributed by atoms with Crippen molar-refractivity contribution in [3.05, 3.63) is 142 Å². The van der Waals surface area contributed by atoms with Crippen molar-refractivity contribution in [3.8, 4) is 0 Å². The first kappa shape index (κ1) is 46.7. The average molecular weight is 905 g/mol. The lowest BCUT2D eigenvalue weighted by Gasteiger charge is -2.34. The van der Waals surface area contributed by atoms with Crippen LogP contribution in [0.3, 0.4) is 0 Å². The van der Waals surface area contributed by atoms with E-state index in [2.05, 4.69) is 79.6 Å². The number of nitrogens with one attached hydrogen (secondary N) is 5. The third kappa shape index (κ3) is 10.8. The van der Waals surface area contributed by atoms with Crippen molar-refractivity contribution in [1.29, 1.82) is 0 Å². The van der Waals surface area contributed by atoms with Crippen molar-refractivity contribution in [2.24, 2.45) is 34.1 Å². The monoisotopic (exact) mass is 905 g/mol. The van der Waals surface area contributed by atoms with Crippen LogP contribution in [0.4, 0.5) is 11.4 Å². The van der Waals surface area contributed by atoms with Crippen LogP contribution in [0.2, 0.25) is 0 Å². The highest BCUT2D eigenvalue weighted by Crippen LogP contribution is 2.39. The summed E-state index contributed by atoms with van der Waals surface area (Å²) in [5.41, 5.74) is 30.4. The van der Waals surface area contributed by atoms with Crippen LogP contribution >= 0.6 is 0 Å². The van der Waals surface area contributed by atoms with E-state index in [9.17, 15) is 14.4 Å². The normalized spacial score (nSPS) is 16.8. The number of H-pyrrole nitrogens is 2. The topological polar surface area (TPSA) is 236 Å². The summed E-state index contributed by atoms with van der Waals surface area (Å²) in [6.07, 6.45) is 7.73. The van der Waals surface area contributed by atoms with Crippen LogP contribution in [-0.4, -0.2) is 50.7 Å². The van der Waals surface area contributed by atoms with Crippen LogP contribution in [0.15, 0.2) is 95.6 Å². The molecule has 14 nitrogen and oxygen atoms in total. The van der Waals surface area contributed by atoms with Gasteiger partial charge in [-0.25, -0.2) is 0 Å². The van der Waals surface area contributed by atoms with Crippen LogP contribution < -0.4 is 33.2 Å². The number of anilines is 2. The van der Waals surface area contributed by atoms with E-state index in [-0.39, 0.29) is 53.4 Å². The molecule has 0 aliphatic heterocycles. The van der Waals surface area contributed by atoms with Gasteiger partial charge in [-0.15, -0.1) is 0 Å². The molecule has 2 aromatic carbocycles. The van der Waals surface area contributed by atoms with Crippen LogP contribution in [0.1, 0.15) is 132 Å². The molecule has 5 aromatic heterocycles. The second-order valence-electron chi connectivity index (χ2n) is 20.3. The molecule has 4 atom stereocenters. The number of aryl methyl sites for hydroxylation is 2. The number of carbonyl (C=O) groups excluding carboxylic acids is 3. The van der Waals surface area contributed by atoms with Crippen LogP contribution in [-0.2, 0) is 25.7 Å².